The summed E-state index contributed by atoms with van der Waals surface area (Å²) in [6.07, 6.45) is 1.92. The van der Waals surface area contributed by atoms with E-state index >= 15 is 0 Å². The van der Waals surface area contributed by atoms with Crippen LogP contribution in [0.15, 0.2) is 53.4 Å². The predicted molar refractivity (Wildman–Crippen MR) is 110 cm³/mol. The van der Waals surface area contributed by atoms with Crippen LogP contribution in [-0.4, -0.2) is 44.1 Å². The van der Waals surface area contributed by atoms with E-state index in [9.17, 15) is 18.0 Å². The summed E-state index contributed by atoms with van der Waals surface area (Å²) in [6, 6.07) is 11.9. The van der Waals surface area contributed by atoms with E-state index in [0.29, 0.717) is 29.8 Å². The number of amides is 1. The van der Waals surface area contributed by atoms with Gasteiger partial charge in [-0.2, -0.15) is 4.31 Å². The molecule has 154 valence electrons. The normalized spacial score (nSPS) is 17.5. The zero-order valence-corrected chi connectivity index (χ0v) is 17.2. The summed E-state index contributed by atoms with van der Waals surface area (Å²) in [5.74, 6) is 0.168. The second-order valence-electron chi connectivity index (χ2n) is 6.93. The van der Waals surface area contributed by atoms with Crippen LogP contribution in [0.2, 0.25) is 0 Å². The molecule has 1 atom stereocenters. The zero-order chi connectivity index (χ0) is 21.0. The number of carbonyl (C=O) groups excluding carboxylic acids is 2. The topological polar surface area (TPSA) is 92.8 Å². The molecule has 1 saturated heterocycles. The molecule has 0 aliphatic carbocycles. The highest BCUT2D eigenvalue weighted by Crippen LogP contribution is 2.27. The van der Waals surface area contributed by atoms with Crippen molar-refractivity contribution >= 4 is 27.4 Å². The van der Waals surface area contributed by atoms with Gasteiger partial charge in [0, 0.05) is 17.8 Å². The van der Waals surface area contributed by atoms with E-state index in [-0.39, 0.29) is 23.1 Å². The summed E-state index contributed by atoms with van der Waals surface area (Å²) in [7, 11) is -2.30. The van der Waals surface area contributed by atoms with Gasteiger partial charge in [0.05, 0.1) is 12.0 Å². The van der Waals surface area contributed by atoms with E-state index in [1.807, 2.05) is 0 Å². The molecule has 8 heteroatoms. The summed E-state index contributed by atoms with van der Waals surface area (Å²) >= 11 is 0. The molecule has 1 aliphatic heterocycles. The van der Waals surface area contributed by atoms with Gasteiger partial charge in [-0.05, 0) is 56.2 Å². The first-order valence-electron chi connectivity index (χ1n) is 9.40. The summed E-state index contributed by atoms with van der Waals surface area (Å²) in [6.45, 7) is 1.70. The van der Waals surface area contributed by atoms with Crippen LogP contribution >= 0.6 is 0 Å². The third-order valence-electron chi connectivity index (χ3n) is 4.98. The molecule has 1 fully saturated rings. The average molecular weight is 416 g/mol. The second kappa shape index (κ2) is 8.75. The molecule has 1 heterocycles. The van der Waals surface area contributed by atoms with Crippen molar-refractivity contribution in [2.24, 2.45) is 0 Å². The highest BCUT2D eigenvalue weighted by atomic mass is 32.2. The van der Waals surface area contributed by atoms with Gasteiger partial charge in [0.2, 0.25) is 15.9 Å². The molecule has 1 aliphatic rings. The van der Waals surface area contributed by atoms with Crippen LogP contribution in [0.25, 0.3) is 0 Å². The minimum Gasteiger partial charge on any atom is -0.497 e. The lowest BCUT2D eigenvalue weighted by Gasteiger charge is -2.33. The minimum absolute atomic E-state index is 0.0756. The van der Waals surface area contributed by atoms with Crippen molar-refractivity contribution in [3.8, 4) is 5.75 Å². The number of anilines is 1. The van der Waals surface area contributed by atoms with Crippen LogP contribution in [-0.2, 0) is 14.8 Å². The molecule has 0 aromatic heterocycles. The van der Waals surface area contributed by atoms with Crippen molar-refractivity contribution in [1.29, 1.82) is 0 Å². The van der Waals surface area contributed by atoms with Crippen molar-refractivity contribution in [3.05, 3.63) is 54.1 Å². The molecule has 1 N–H and O–H groups in total. The van der Waals surface area contributed by atoms with Gasteiger partial charge < -0.3 is 10.1 Å². The number of methoxy groups -OCH3 is 1. The molecule has 2 aromatic carbocycles. The Morgan fingerprint density at radius 2 is 1.69 bits per heavy atom. The molecule has 7 nitrogen and oxygen atoms in total. The maximum Gasteiger partial charge on any atom is 0.243 e. The maximum absolute atomic E-state index is 13.2. The molecule has 1 unspecified atom stereocenters. The fourth-order valence-corrected chi connectivity index (χ4v) is 5.01. The quantitative estimate of drug-likeness (QED) is 0.731. The fraction of sp³-hybridized carbons (Fsp3) is 0.333. The van der Waals surface area contributed by atoms with E-state index in [2.05, 4.69) is 5.32 Å². The van der Waals surface area contributed by atoms with Gasteiger partial charge in [0.15, 0.2) is 5.78 Å². The van der Waals surface area contributed by atoms with Gasteiger partial charge in [-0.1, -0.05) is 18.6 Å². The summed E-state index contributed by atoms with van der Waals surface area (Å²) in [4.78, 5) is 24.4. The van der Waals surface area contributed by atoms with E-state index in [4.69, 9.17) is 4.74 Å². The van der Waals surface area contributed by atoms with Crippen molar-refractivity contribution in [2.45, 2.75) is 37.1 Å². The van der Waals surface area contributed by atoms with E-state index in [1.165, 1.54) is 35.5 Å². The van der Waals surface area contributed by atoms with Crippen molar-refractivity contribution in [3.63, 3.8) is 0 Å². The summed E-state index contributed by atoms with van der Waals surface area (Å²) in [5, 5.41) is 2.80. The molecule has 0 radical (unpaired) electrons. The van der Waals surface area contributed by atoms with Crippen molar-refractivity contribution in [1.82, 2.24) is 4.31 Å². The predicted octanol–water partition coefficient (Wildman–Crippen LogP) is 3.08. The highest BCUT2D eigenvalue weighted by Gasteiger charge is 2.37. The molecule has 1 amide bonds. The molecule has 3 rings (SSSR count). The summed E-state index contributed by atoms with van der Waals surface area (Å²) < 4.78 is 32.7. The second-order valence-corrected chi connectivity index (χ2v) is 8.82. The number of carbonyl (C=O) groups is 2. The van der Waals surface area contributed by atoms with Crippen molar-refractivity contribution < 1.29 is 22.7 Å². The van der Waals surface area contributed by atoms with Crippen molar-refractivity contribution in [2.75, 3.05) is 19.0 Å². The number of nitrogens with zero attached hydrogens (tertiary/aromatic N) is 1. The van der Waals surface area contributed by atoms with Gasteiger partial charge in [-0.25, -0.2) is 8.42 Å². The SMILES string of the molecule is COc1ccc(NC(=O)C2CCCCN2S(=O)(=O)c2ccc(C(C)=O)cc2)cc1. The molecule has 0 bridgehead atoms. The minimum atomic E-state index is -3.86. The Hall–Kier alpha value is -2.71. The van der Waals surface area contributed by atoms with Gasteiger partial charge in [-0.3, -0.25) is 9.59 Å². The van der Waals surface area contributed by atoms with Gasteiger partial charge in [-0.15, -0.1) is 0 Å². The number of ether oxygens (including phenoxy) is 1. The van der Waals surface area contributed by atoms with Crippen LogP contribution in [0.4, 0.5) is 5.69 Å². The largest absolute Gasteiger partial charge is 0.497 e. The summed E-state index contributed by atoms with van der Waals surface area (Å²) in [5.41, 5.74) is 1.01. The van der Waals surface area contributed by atoms with Crippen LogP contribution in [0.3, 0.4) is 0 Å². The third-order valence-corrected chi connectivity index (χ3v) is 6.90. The Bertz CT molecular complexity index is 985. The number of Topliss-reactive ketones (excluding diaryl/α,β-unsaturated/α-hetero) is 1. The fourth-order valence-electron chi connectivity index (χ4n) is 3.35. The molecule has 2 aromatic rings. The lowest BCUT2D eigenvalue weighted by atomic mass is 10.0. The van der Waals surface area contributed by atoms with E-state index in [0.717, 1.165) is 6.42 Å². The Morgan fingerprint density at radius 3 is 2.28 bits per heavy atom. The number of rotatable bonds is 6. The first-order valence-corrected chi connectivity index (χ1v) is 10.8. The molecular weight excluding hydrogens is 392 g/mol. The molecule has 0 saturated carbocycles. The smallest absolute Gasteiger partial charge is 0.243 e. The Balaban J connectivity index is 1.82. The molecule has 29 heavy (non-hydrogen) atoms. The number of hydrogen-bond donors (Lipinski definition) is 1. The number of nitrogens with one attached hydrogen (secondary N) is 1. The molecule has 0 spiro atoms. The third kappa shape index (κ3) is 4.65. The highest BCUT2D eigenvalue weighted by molar-refractivity contribution is 7.89. The van der Waals surface area contributed by atoms with Crippen LogP contribution in [0.5, 0.6) is 5.75 Å². The number of ketones is 1. The van der Waals surface area contributed by atoms with Gasteiger partial charge in [0.1, 0.15) is 11.8 Å². The monoisotopic (exact) mass is 416 g/mol. The van der Waals surface area contributed by atoms with Crippen LogP contribution in [0, 0.1) is 0 Å². The Kier molecular flexibility index (Phi) is 6.34. The van der Waals surface area contributed by atoms with Crippen LogP contribution in [0.1, 0.15) is 36.5 Å². The maximum atomic E-state index is 13.2. The number of piperidine rings is 1. The van der Waals surface area contributed by atoms with Gasteiger partial charge in [0.25, 0.3) is 0 Å². The Labute approximate surface area is 170 Å². The van der Waals surface area contributed by atoms with Crippen LogP contribution < -0.4 is 10.1 Å². The van der Waals surface area contributed by atoms with E-state index < -0.39 is 16.1 Å². The van der Waals surface area contributed by atoms with Gasteiger partial charge >= 0.3 is 0 Å². The first kappa shape index (κ1) is 21.0. The Morgan fingerprint density at radius 1 is 1.03 bits per heavy atom. The standard InChI is InChI=1S/C21H24N2O5S/c1-15(24)16-6-12-19(13-7-16)29(26,27)23-14-4-3-5-20(23)21(25)22-17-8-10-18(28-2)11-9-17/h6-13,20H,3-5,14H2,1-2H3,(H,22,25). The lowest BCUT2D eigenvalue weighted by molar-refractivity contribution is -0.120. The number of hydrogen-bond acceptors (Lipinski definition) is 5. The number of benzene rings is 2. The number of sulfonamides is 1. The zero-order valence-electron chi connectivity index (χ0n) is 16.4. The average Bonchev–Trinajstić information content (AvgIpc) is 2.74. The lowest BCUT2D eigenvalue weighted by Crippen LogP contribution is -2.49. The molecular formula is C21H24N2O5S. The van der Waals surface area contributed by atoms with E-state index in [1.54, 1.807) is 31.4 Å². The first-order chi connectivity index (χ1) is 13.8.